The lowest BCUT2D eigenvalue weighted by molar-refractivity contribution is -0.142. The number of amides is 2. The van der Waals surface area contributed by atoms with Gasteiger partial charge in [-0.25, -0.2) is 0 Å². The van der Waals surface area contributed by atoms with E-state index in [2.05, 4.69) is 5.32 Å². The Labute approximate surface area is 171 Å². The average Bonchev–Trinajstić information content (AvgIpc) is 2.66. The minimum absolute atomic E-state index is 0.144. The van der Waals surface area contributed by atoms with Crippen molar-refractivity contribution in [3.63, 3.8) is 0 Å². The first kappa shape index (κ1) is 21.8. The van der Waals surface area contributed by atoms with Gasteiger partial charge in [0.15, 0.2) is 6.61 Å². The van der Waals surface area contributed by atoms with E-state index < -0.39 is 6.04 Å². The molecule has 28 heavy (non-hydrogen) atoms. The number of halogens is 1. The Morgan fingerprint density at radius 2 is 1.89 bits per heavy atom. The van der Waals surface area contributed by atoms with Crippen LogP contribution in [0.3, 0.4) is 0 Å². The number of carbonyl (C=O) groups is 2. The minimum atomic E-state index is -0.631. The van der Waals surface area contributed by atoms with E-state index in [4.69, 9.17) is 16.3 Å². The second-order valence-electron chi connectivity index (χ2n) is 6.71. The Kier molecular flexibility index (Phi) is 7.88. The monoisotopic (exact) mass is 402 g/mol. The molecule has 2 aromatic carbocycles. The second kappa shape index (κ2) is 10.1. The maximum Gasteiger partial charge on any atom is 0.261 e. The number of carbonyl (C=O) groups excluding carboxylic acids is 2. The zero-order chi connectivity index (χ0) is 20.7. The third-order valence-corrected chi connectivity index (χ3v) is 4.90. The lowest BCUT2D eigenvalue weighted by Crippen LogP contribution is -2.49. The molecular formula is C22H27ClN2O3. The molecule has 0 aliphatic rings. The summed E-state index contributed by atoms with van der Waals surface area (Å²) in [6.07, 6.45) is 0. The van der Waals surface area contributed by atoms with Crippen molar-refractivity contribution in [3.8, 4) is 5.75 Å². The van der Waals surface area contributed by atoms with Crippen LogP contribution in [0.25, 0.3) is 0 Å². The van der Waals surface area contributed by atoms with E-state index in [1.807, 2.05) is 51.1 Å². The predicted molar refractivity (Wildman–Crippen MR) is 112 cm³/mol. The Morgan fingerprint density at radius 3 is 2.57 bits per heavy atom. The Hall–Kier alpha value is -2.53. The van der Waals surface area contributed by atoms with Gasteiger partial charge in [0.25, 0.3) is 5.91 Å². The summed E-state index contributed by atoms with van der Waals surface area (Å²) in [6, 6.07) is 12.4. The summed E-state index contributed by atoms with van der Waals surface area (Å²) in [5.41, 5.74) is 2.94. The fourth-order valence-electron chi connectivity index (χ4n) is 2.84. The van der Waals surface area contributed by atoms with Gasteiger partial charge in [-0.1, -0.05) is 35.9 Å². The third kappa shape index (κ3) is 5.73. The maximum absolute atomic E-state index is 12.9. The summed E-state index contributed by atoms with van der Waals surface area (Å²) in [6.45, 7) is 8.13. The summed E-state index contributed by atoms with van der Waals surface area (Å²) in [5, 5.41) is 3.35. The van der Waals surface area contributed by atoms with Gasteiger partial charge < -0.3 is 15.0 Å². The molecule has 0 bridgehead atoms. The topological polar surface area (TPSA) is 58.6 Å². The summed E-state index contributed by atoms with van der Waals surface area (Å²) in [4.78, 5) is 26.8. The molecule has 0 heterocycles. The molecule has 1 N–H and O–H groups in total. The molecule has 0 saturated heterocycles. The van der Waals surface area contributed by atoms with Crippen molar-refractivity contribution in [2.75, 3.05) is 13.2 Å². The van der Waals surface area contributed by atoms with Gasteiger partial charge in [0.2, 0.25) is 5.91 Å². The van der Waals surface area contributed by atoms with Crippen LogP contribution in [0.15, 0.2) is 42.5 Å². The standard InChI is InChI=1S/C22H27ClN2O3/c1-5-24-22(27)17(4)25(13-18-9-7-10-19(23)12-18)21(26)14-28-20-11-6-8-15(2)16(20)3/h6-12,17H,5,13-14H2,1-4H3,(H,24,27)/t17-/m1/s1. The fraction of sp³-hybridized carbons (Fsp3) is 0.364. The number of nitrogens with zero attached hydrogens (tertiary/aromatic N) is 1. The van der Waals surface area contributed by atoms with E-state index in [0.717, 1.165) is 16.7 Å². The SMILES string of the molecule is CCNC(=O)[C@@H](C)N(Cc1cccc(Cl)c1)C(=O)COc1cccc(C)c1C. The highest BCUT2D eigenvalue weighted by molar-refractivity contribution is 6.30. The van der Waals surface area contributed by atoms with Crippen LogP contribution < -0.4 is 10.1 Å². The first-order valence-electron chi connectivity index (χ1n) is 9.34. The van der Waals surface area contributed by atoms with Crippen LogP contribution in [0, 0.1) is 13.8 Å². The van der Waals surface area contributed by atoms with Crippen molar-refractivity contribution in [3.05, 3.63) is 64.2 Å². The lowest BCUT2D eigenvalue weighted by Gasteiger charge is -2.28. The van der Waals surface area contributed by atoms with E-state index in [-0.39, 0.29) is 25.0 Å². The normalized spacial score (nSPS) is 11.6. The molecule has 0 saturated carbocycles. The lowest BCUT2D eigenvalue weighted by atomic mass is 10.1. The molecule has 1 atom stereocenters. The van der Waals surface area contributed by atoms with E-state index in [1.54, 1.807) is 19.1 Å². The molecule has 0 aliphatic heterocycles. The van der Waals surface area contributed by atoms with E-state index in [1.165, 1.54) is 4.90 Å². The Bertz CT molecular complexity index is 838. The molecule has 0 aromatic heterocycles. The summed E-state index contributed by atoms with van der Waals surface area (Å²) >= 11 is 6.07. The number of aryl methyl sites for hydroxylation is 1. The molecule has 0 aliphatic carbocycles. The minimum Gasteiger partial charge on any atom is -0.483 e. The van der Waals surface area contributed by atoms with Crippen LogP contribution in [-0.4, -0.2) is 35.9 Å². The zero-order valence-corrected chi connectivity index (χ0v) is 17.5. The molecule has 5 nitrogen and oxygen atoms in total. The number of hydrogen-bond donors (Lipinski definition) is 1. The van der Waals surface area contributed by atoms with Crippen molar-refractivity contribution >= 4 is 23.4 Å². The molecule has 2 rings (SSSR count). The number of likely N-dealkylation sites (N-methyl/N-ethyl adjacent to an activating group) is 1. The molecule has 6 heteroatoms. The molecule has 0 unspecified atom stereocenters. The smallest absolute Gasteiger partial charge is 0.261 e. The molecule has 2 amide bonds. The predicted octanol–water partition coefficient (Wildman–Crippen LogP) is 3.89. The number of ether oxygens (including phenoxy) is 1. The maximum atomic E-state index is 12.9. The third-order valence-electron chi connectivity index (χ3n) is 4.67. The number of benzene rings is 2. The van der Waals surface area contributed by atoms with E-state index >= 15 is 0 Å². The highest BCUT2D eigenvalue weighted by Gasteiger charge is 2.26. The first-order valence-corrected chi connectivity index (χ1v) is 9.72. The number of nitrogens with one attached hydrogen (secondary N) is 1. The van der Waals surface area contributed by atoms with Crippen LogP contribution in [0.1, 0.15) is 30.5 Å². The van der Waals surface area contributed by atoms with Crippen molar-refractivity contribution in [1.82, 2.24) is 10.2 Å². The quantitative estimate of drug-likeness (QED) is 0.728. The molecule has 0 radical (unpaired) electrons. The highest BCUT2D eigenvalue weighted by atomic mass is 35.5. The van der Waals surface area contributed by atoms with E-state index in [0.29, 0.717) is 17.3 Å². The van der Waals surface area contributed by atoms with Gasteiger partial charge >= 0.3 is 0 Å². The van der Waals surface area contributed by atoms with Crippen LogP contribution in [0.2, 0.25) is 5.02 Å². The largest absolute Gasteiger partial charge is 0.483 e. The molecule has 0 fully saturated rings. The molecule has 0 spiro atoms. The summed E-state index contributed by atoms with van der Waals surface area (Å²) in [7, 11) is 0. The molecule has 150 valence electrons. The number of hydrogen-bond acceptors (Lipinski definition) is 3. The Balaban J connectivity index is 2.17. The van der Waals surface area contributed by atoms with Gasteiger partial charge in [-0.15, -0.1) is 0 Å². The van der Waals surface area contributed by atoms with Gasteiger partial charge in [-0.3, -0.25) is 9.59 Å². The van der Waals surface area contributed by atoms with Crippen molar-refractivity contribution in [2.24, 2.45) is 0 Å². The van der Waals surface area contributed by atoms with Crippen LogP contribution in [0.5, 0.6) is 5.75 Å². The van der Waals surface area contributed by atoms with Gasteiger partial charge in [0, 0.05) is 18.1 Å². The summed E-state index contributed by atoms with van der Waals surface area (Å²) in [5.74, 6) is 0.200. The Morgan fingerprint density at radius 1 is 1.18 bits per heavy atom. The van der Waals surface area contributed by atoms with Crippen LogP contribution >= 0.6 is 11.6 Å². The van der Waals surface area contributed by atoms with Gasteiger partial charge in [0.1, 0.15) is 11.8 Å². The highest BCUT2D eigenvalue weighted by Crippen LogP contribution is 2.21. The zero-order valence-electron chi connectivity index (χ0n) is 16.8. The van der Waals surface area contributed by atoms with Crippen molar-refractivity contribution in [2.45, 2.75) is 40.3 Å². The molecular weight excluding hydrogens is 376 g/mol. The van der Waals surface area contributed by atoms with E-state index in [9.17, 15) is 9.59 Å². The van der Waals surface area contributed by atoms with Crippen molar-refractivity contribution in [1.29, 1.82) is 0 Å². The van der Waals surface area contributed by atoms with Crippen LogP contribution in [0.4, 0.5) is 0 Å². The fourth-order valence-corrected chi connectivity index (χ4v) is 3.05. The summed E-state index contributed by atoms with van der Waals surface area (Å²) < 4.78 is 5.76. The van der Waals surface area contributed by atoms with Gasteiger partial charge in [0.05, 0.1) is 0 Å². The molecule has 2 aromatic rings. The van der Waals surface area contributed by atoms with Crippen LogP contribution in [-0.2, 0) is 16.1 Å². The van der Waals surface area contributed by atoms with Gasteiger partial charge in [-0.2, -0.15) is 0 Å². The average molecular weight is 403 g/mol. The number of rotatable bonds is 8. The second-order valence-corrected chi connectivity index (χ2v) is 7.15. The first-order chi connectivity index (χ1) is 13.3. The van der Waals surface area contributed by atoms with Gasteiger partial charge in [-0.05, 0) is 62.6 Å². The van der Waals surface area contributed by atoms with Crippen molar-refractivity contribution < 1.29 is 14.3 Å².